The zero-order valence-electron chi connectivity index (χ0n) is 13.3. The van der Waals surface area contributed by atoms with Crippen LogP contribution in [0.1, 0.15) is 27.5 Å². The van der Waals surface area contributed by atoms with E-state index in [1.807, 2.05) is 24.3 Å². The standard InChI is InChI=1S/C16H16N2O6S/c1-24-10-4-2-9(3-5-10)6-13-17-12(8-25-13)15(21)18-11(16(22)23)7-14(19)20/h2-5,8,11H,6-7H2,1H3,(H,18,21)(H,19,20)(H,22,23). The fourth-order valence-corrected chi connectivity index (χ4v) is 2.83. The number of carboxylic acid groups (broad SMARTS) is 2. The maximum absolute atomic E-state index is 12.1. The SMILES string of the molecule is COc1ccc(Cc2nc(C(=O)NC(CC(=O)O)C(=O)O)cs2)cc1. The predicted molar refractivity (Wildman–Crippen MR) is 89.1 cm³/mol. The van der Waals surface area contributed by atoms with Crippen molar-refractivity contribution < 1.29 is 29.3 Å². The fraction of sp³-hybridized carbons (Fsp3) is 0.250. The van der Waals surface area contributed by atoms with Crippen molar-refractivity contribution >= 4 is 29.2 Å². The third kappa shape index (κ3) is 5.28. The molecule has 25 heavy (non-hydrogen) atoms. The Balaban J connectivity index is 2.02. The molecule has 1 unspecified atom stereocenters. The number of nitrogens with one attached hydrogen (secondary N) is 1. The molecule has 0 radical (unpaired) electrons. The van der Waals surface area contributed by atoms with Gasteiger partial charge < -0.3 is 20.3 Å². The van der Waals surface area contributed by atoms with Gasteiger partial charge in [0.25, 0.3) is 5.91 Å². The highest BCUT2D eigenvalue weighted by atomic mass is 32.1. The Morgan fingerprint density at radius 3 is 2.48 bits per heavy atom. The van der Waals surface area contributed by atoms with Crippen molar-refractivity contribution in [2.75, 3.05) is 7.11 Å². The van der Waals surface area contributed by atoms with Crippen molar-refractivity contribution in [1.82, 2.24) is 10.3 Å². The highest BCUT2D eigenvalue weighted by molar-refractivity contribution is 7.09. The number of ether oxygens (including phenoxy) is 1. The van der Waals surface area contributed by atoms with Crippen molar-refractivity contribution in [3.8, 4) is 5.75 Å². The molecule has 1 aromatic heterocycles. The van der Waals surface area contributed by atoms with Crippen LogP contribution in [0.15, 0.2) is 29.6 Å². The number of nitrogens with zero attached hydrogens (tertiary/aromatic N) is 1. The molecule has 0 aliphatic rings. The van der Waals surface area contributed by atoms with E-state index in [4.69, 9.17) is 14.9 Å². The number of hydrogen-bond donors (Lipinski definition) is 3. The van der Waals surface area contributed by atoms with Gasteiger partial charge in [0.2, 0.25) is 0 Å². The molecule has 9 heteroatoms. The van der Waals surface area contributed by atoms with Crippen LogP contribution < -0.4 is 10.1 Å². The van der Waals surface area contributed by atoms with Crippen molar-refractivity contribution in [3.05, 3.63) is 45.9 Å². The van der Waals surface area contributed by atoms with Crippen LogP contribution in [0, 0.1) is 0 Å². The summed E-state index contributed by atoms with van der Waals surface area (Å²) in [5.41, 5.74) is 1.04. The van der Waals surface area contributed by atoms with E-state index in [0.29, 0.717) is 11.4 Å². The summed E-state index contributed by atoms with van der Waals surface area (Å²) in [4.78, 5) is 37.9. The smallest absolute Gasteiger partial charge is 0.326 e. The second-order valence-electron chi connectivity index (χ2n) is 5.11. The van der Waals surface area contributed by atoms with Gasteiger partial charge in [-0.2, -0.15) is 0 Å². The molecule has 0 bridgehead atoms. The minimum atomic E-state index is -1.50. The van der Waals surface area contributed by atoms with Crippen molar-refractivity contribution in [3.63, 3.8) is 0 Å². The molecule has 0 spiro atoms. The molecule has 132 valence electrons. The van der Waals surface area contributed by atoms with Crippen LogP contribution in [0.3, 0.4) is 0 Å². The normalized spacial score (nSPS) is 11.6. The van der Waals surface area contributed by atoms with Gasteiger partial charge in [0.1, 0.15) is 17.5 Å². The van der Waals surface area contributed by atoms with Crippen molar-refractivity contribution in [1.29, 1.82) is 0 Å². The second kappa shape index (κ2) is 8.25. The van der Waals surface area contributed by atoms with Crippen LogP contribution in [-0.2, 0) is 16.0 Å². The summed E-state index contributed by atoms with van der Waals surface area (Å²) in [5, 5.41) is 22.0. The summed E-state index contributed by atoms with van der Waals surface area (Å²) in [6, 6.07) is 5.90. The Kier molecular flexibility index (Phi) is 6.07. The van der Waals surface area contributed by atoms with Crippen molar-refractivity contribution in [2.45, 2.75) is 18.9 Å². The Hall–Kier alpha value is -2.94. The fourth-order valence-electron chi connectivity index (χ4n) is 2.02. The lowest BCUT2D eigenvalue weighted by molar-refractivity contribution is -0.145. The number of carboxylic acids is 2. The Labute approximate surface area is 147 Å². The summed E-state index contributed by atoms with van der Waals surface area (Å²) in [7, 11) is 1.58. The van der Waals surface area contributed by atoms with Gasteiger partial charge in [-0.25, -0.2) is 9.78 Å². The first-order chi connectivity index (χ1) is 11.9. The van der Waals surface area contributed by atoms with Gasteiger partial charge >= 0.3 is 11.9 Å². The summed E-state index contributed by atoms with van der Waals surface area (Å²) in [5.74, 6) is -2.71. The number of carbonyl (C=O) groups excluding carboxylic acids is 1. The number of aliphatic carboxylic acids is 2. The Morgan fingerprint density at radius 1 is 1.24 bits per heavy atom. The lowest BCUT2D eigenvalue weighted by Gasteiger charge is -2.10. The van der Waals surface area contributed by atoms with E-state index >= 15 is 0 Å². The number of hydrogen-bond acceptors (Lipinski definition) is 6. The molecule has 0 fully saturated rings. The minimum Gasteiger partial charge on any atom is -0.497 e. The summed E-state index contributed by atoms with van der Waals surface area (Å²) in [6.45, 7) is 0. The lowest BCUT2D eigenvalue weighted by atomic mass is 10.1. The van der Waals surface area contributed by atoms with Gasteiger partial charge in [-0.1, -0.05) is 12.1 Å². The summed E-state index contributed by atoms with van der Waals surface area (Å²) >= 11 is 1.27. The highest BCUT2D eigenvalue weighted by Gasteiger charge is 2.24. The lowest BCUT2D eigenvalue weighted by Crippen LogP contribution is -2.42. The van der Waals surface area contributed by atoms with E-state index in [2.05, 4.69) is 10.3 Å². The monoisotopic (exact) mass is 364 g/mol. The quantitative estimate of drug-likeness (QED) is 0.646. The number of aromatic nitrogens is 1. The number of rotatable bonds is 8. The number of carbonyl (C=O) groups is 3. The molecule has 1 amide bonds. The maximum atomic E-state index is 12.1. The van der Waals surface area contributed by atoms with E-state index < -0.39 is 30.3 Å². The largest absolute Gasteiger partial charge is 0.497 e. The van der Waals surface area contributed by atoms with E-state index in [9.17, 15) is 14.4 Å². The molecule has 1 heterocycles. The Bertz CT molecular complexity index is 771. The van der Waals surface area contributed by atoms with Gasteiger partial charge in [-0.05, 0) is 17.7 Å². The number of amides is 1. The third-order valence-corrected chi connectivity index (χ3v) is 4.13. The molecule has 0 aliphatic carbocycles. The van der Waals surface area contributed by atoms with Gasteiger partial charge in [0.05, 0.1) is 18.5 Å². The maximum Gasteiger partial charge on any atom is 0.326 e. The zero-order valence-corrected chi connectivity index (χ0v) is 14.1. The molecule has 0 saturated heterocycles. The number of methoxy groups -OCH3 is 1. The van der Waals surface area contributed by atoms with Gasteiger partial charge in [0, 0.05) is 11.8 Å². The molecule has 0 saturated carbocycles. The summed E-state index contributed by atoms with van der Waals surface area (Å²) in [6.07, 6.45) is -0.191. The topological polar surface area (TPSA) is 126 Å². The molecule has 1 atom stereocenters. The van der Waals surface area contributed by atoms with Crippen molar-refractivity contribution in [2.24, 2.45) is 0 Å². The van der Waals surface area contributed by atoms with E-state index in [1.165, 1.54) is 16.7 Å². The second-order valence-corrected chi connectivity index (χ2v) is 6.06. The summed E-state index contributed by atoms with van der Waals surface area (Å²) < 4.78 is 5.08. The van der Waals surface area contributed by atoms with E-state index in [1.54, 1.807) is 7.11 Å². The first-order valence-electron chi connectivity index (χ1n) is 7.22. The van der Waals surface area contributed by atoms with E-state index in [-0.39, 0.29) is 5.69 Å². The number of benzene rings is 1. The minimum absolute atomic E-state index is 0.0603. The molecular formula is C16H16N2O6S. The van der Waals surface area contributed by atoms with Crippen LogP contribution in [0.4, 0.5) is 0 Å². The molecule has 1 aromatic carbocycles. The van der Waals surface area contributed by atoms with Crippen LogP contribution in [0.25, 0.3) is 0 Å². The molecule has 2 rings (SSSR count). The van der Waals surface area contributed by atoms with Crippen LogP contribution >= 0.6 is 11.3 Å². The van der Waals surface area contributed by atoms with Crippen LogP contribution in [0.5, 0.6) is 5.75 Å². The highest BCUT2D eigenvalue weighted by Crippen LogP contribution is 2.17. The first kappa shape index (κ1) is 18.4. The van der Waals surface area contributed by atoms with Gasteiger partial charge in [0.15, 0.2) is 0 Å². The average Bonchev–Trinajstić information content (AvgIpc) is 3.03. The Morgan fingerprint density at radius 2 is 1.92 bits per heavy atom. The molecule has 2 aromatic rings. The molecule has 8 nitrogen and oxygen atoms in total. The average molecular weight is 364 g/mol. The van der Waals surface area contributed by atoms with Gasteiger partial charge in [-0.15, -0.1) is 11.3 Å². The van der Waals surface area contributed by atoms with Crippen LogP contribution in [0.2, 0.25) is 0 Å². The van der Waals surface area contributed by atoms with E-state index in [0.717, 1.165) is 11.3 Å². The molecule has 0 aliphatic heterocycles. The van der Waals surface area contributed by atoms with Gasteiger partial charge in [-0.3, -0.25) is 9.59 Å². The van der Waals surface area contributed by atoms with Crippen LogP contribution in [-0.4, -0.2) is 46.2 Å². The predicted octanol–water partition coefficient (Wildman–Crippen LogP) is 1.40. The third-order valence-electron chi connectivity index (χ3n) is 3.28. The molecule has 3 N–H and O–H groups in total. The molecular weight excluding hydrogens is 348 g/mol. The zero-order chi connectivity index (χ0) is 18.4. The number of thiazole rings is 1. The first-order valence-corrected chi connectivity index (χ1v) is 8.09.